The van der Waals surface area contributed by atoms with Crippen LogP contribution in [0, 0.1) is 0 Å². The van der Waals surface area contributed by atoms with Crippen LogP contribution in [-0.2, 0) is 6.42 Å². The number of carbonyl (C=O) groups is 1. The minimum Gasteiger partial charge on any atom is -0.420 e. The number of rotatable bonds is 6. The van der Waals surface area contributed by atoms with E-state index in [9.17, 15) is 13.6 Å². The number of benzene rings is 1. The predicted octanol–water partition coefficient (Wildman–Crippen LogP) is 3.17. The monoisotopic (exact) mass is 414 g/mol. The molecule has 30 heavy (non-hydrogen) atoms. The van der Waals surface area contributed by atoms with Crippen molar-refractivity contribution in [2.24, 2.45) is 5.73 Å². The lowest BCUT2D eigenvalue weighted by molar-refractivity contribution is 0.116. The SMILES string of the molecule is NC(=O)Oc1ccc(-c2nnc(Cc3ccc(-c4nnc(C(F)F)o4)cc3)o2)cn1. The summed E-state index contributed by atoms with van der Waals surface area (Å²) in [7, 11) is 0. The second-order valence-electron chi connectivity index (χ2n) is 5.93. The van der Waals surface area contributed by atoms with Gasteiger partial charge < -0.3 is 19.3 Å². The van der Waals surface area contributed by atoms with E-state index in [4.69, 9.17) is 14.6 Å². The van der Waals surface area contributed by atoms with Gasteiger partial charge in [-0.2, -0.15) is 8.78 Å². The maximum absolute atomic E-state index is 12.5. The number of carbonyl (C=O) groups excluding carboxylic acids is 1. The van der Waals surface area contributed by atoms with Crippen molar-refractivity contribution in [3.8, 4) is 28.8 Å². The van der Waals surface area contributed by atoms with E-state index in [0.717, 1.165) is 5.56 Å². The van der Waals surface area contributed by atoms with Gasteiger partial charge in [0.25, 0.3) is 5.89 Å². The number of pyridine rings is 1. The van der Waals surface area contributed by atoms with E-state index in [1.165, 1.54) is 12.3 Å². The van der Waals surface area contributed by atoms with E-state index in [1.54, 1.807) is 30.3 Å². The van der Waals surface area contributed by atoms with Crippen molar-refractivity contribution in [2.45, 2.75) is 12.8 Å². The van der Waals surface area contributed by atoms with Crippen LogP contribution in [0.3, 0.4) is 0 Å². The molecule has 0 atom stereocenters. The van der Waals surface area contributed by atoms with Crippen LogP contribution >= 0.6 is 0 Å². The van der Waals surface area contributed by atoms with Crippen molar-refractivity contribution in [3.05, 3.63) is 59.9 Å². The maximum Gasteiger partial charge on any atom is 0.411 e. The summed E-state index contributed by atoms with van der Waals surface area (Å²) < 4.78 is 40.3. The highest BCUT2D eigenvalue weighted by Crippen LogP contribution is 2.24. The number of halogens is 2. The van der Waals surface area contributed by atoms with Crippen LogP contribution in [0.2, 0.25) is 0 Å². The molecule has 0 fully saturated rings. The molecule has 0 saturated heterocycles. The zero-order valence-corrected chi connectivity index (χ0v) is 15.0. The Morgan fingerprint density at radius 1 is 0.967 bits per heavy atom. The van der Waals surface area contributed by atoms with Crippen LogP contribution in [0.15, 0.2) is 51.4 Å². The predicted molar refractivity (Wildman–Crippen MR) is 95.2 cm³/mol. The summed E-state index contributed by atoms with van der Waals surface area (Å²) in [5.74, 6) is -0.0736. The quantitative estimate of drug-likeness (QED) is 0.503. The normalized spacial score (nSPS) is 11.0. The van der Waals surface area contributed by atoms with Crippen LogP contribution in [0.4, 0.5) is 13.6 Å². The number of ether oxygens (including phenoxy) is 1. The average Bonchev–Trinajstić information content (AvgIpc) is 3.39. The van der Waals surface area contributed by atoms with E-state index in [-0.39, 0.29) is 17.7 Å². The smallest absolute Gasteiger partial charge is 0.411 e. The zero-order chi connectivity index (χ0) is 21.1. The third kappa shape index (κ3) is 4.27. The lowest BCUT2D eigenvalue weighted by atomic mass is 10.1. The lowest BCUT2D eigenvalue weighted by Crippen LogP contribution is -2.16. The Morgan fingerprint density at radius 2 is 1.67 bits per heavy atom. The summed E-state index contributed by atoms with van der Waals surface area (Å²) in [6.07, 6.45) is -2.03. The number of hydrogen-bond donors (Lipinski definition) is 1. The molecule has 0 spiro atoms. The van der Waals surface area contributed by atoms with Crippen LogP contribution < -0.4 is 10.5 Å². The molecule has 0 radical (unpaired) electrons. The number of amides is 1. The highest BCUT2D eigenvalue weighted by Gasteiger charge is 2.17. The number of nitrogens with two attached hydrogens (primary N) is 1. The van der Waals surface area contributed by atoms with E-state index < -0.39 is 18.4 Å². The van der Waals surface area contributed by atoms with Crippen LogP contribution in [0.25, 0.3) is 22.9 Å². The fourth-order valence-electron chi connectivity index (χ4n) is 2.49. The molecule has 4 aromatic rings. The summed E-state index contributed by atoms with van der Waals surface area (Å²) in [4.78, 5) is 14.6. The number of nitrogens with zero attached hydrogens (tertiary/aromatic N) is 5. The molecule has 0 aliphatic rings. The van der Waals surface area contributed by atoms with Gasteiger partial charge in [0, 0.05) is 17.8 Å². The van der Waals surface area contributed by atoms with Crippen molar-refractivity contribution >= 4 is 6.09 Å². The third-order valence-electron chi connectivity index (χ3n) is 3.84. The van der Waals surface area contributed by atoms with Crippen LogP contribution in [0.5, 0.6) is 5.88 Å². The van der Waals surface area contributed by atoms with Gasteiger partial charge in [-0.05, 0) is 23.8 Å². The molecule has 3 aromatic heterocycles. The summed E-state index contributed by atoms with van der Waals surface area (Å²) >= 11 is 0. The van der Waals surface area contributed by atoms with Crippen molar-refractivity contribution in [1.82, 2.24) is 25.4 Å². The molecule has 152 valence electrons. The molecular formula is C18H12F2N6O4. The van der Waals surface area contributed by atoms with Crippen molar-refractivity contribution < 1.29 is 27.1 Å². The fraction of sp³-hybridized carbons (Fsp3) is 0.111. The Morgan fingerprint density at radius 3 is 2.30 bits per heavy atom. The highest BCUT2D eigenvalue weighted by atomic mass is 19.3. The summed E-state index contributed by atoms with van der Waals surface area (Å²) in [6.45, 7) is 0. The van der Waals surface area contributed by atoms with E-state index in [0.29, 0.717) is 23.4 Å². The van der Waals surface area contributed by atoms with Gasteiger partial charge in [0.2, 0.25) is 23.6 Å². The lowest BCUT2D eigenvalue weighted by Gasteiger charge is -2.00. The molecule has 3 heterocycles. The van der Waals surface area contributed by atoms with E-state index in [2.05, 4.69) is 30.1 Å². The molecule has 0 saturated carbocycles. The van der Waals surface area contributed by atoms with Crippen LogP contribution in [0.1, 0.15) is 23.8 Å². The van der Waals surface area contributed by atoms with Gasteiger partial charge in [-0.3, -0.25) is 0 Å². The van der Waals surface area contributed by atoms with E-state index >= 15 is 0 Å². The van der Waals surface area contributed by atoms with E-state index in [1.807, 2.05) is 0 Å². The van der Waals surface area contributed by atoms with Crippen molar-refractivity contribution in [2.75, 3.05) is 0 Å². The molecule has 0 unspecified atom stereocenters. The summed E-state index contributed by atoms with van der Waals surface area (Å²) in [5.41, 5.74) is 6.80. The first-order chi connectivity index (χ1) is 14.5. The topological polar surface area (TPSA) is 143 Å². The van der Waals surface area contributed by atoms with Gasteiger partial charge >= 0.3 is 12.5 Å². The molecule has 0 aliphatic heterocycles. The Bertz CT molecular complexity index is 1160. The molecule has 4 rings (SSSR count). The number of aromatic nitrogens is 5. The Labute approximate surface area is 166 Å². The number of alkyl halides is 2. The molecule has 1 aromatic carbocycles. The molecule has 0 aliphatic carbocycles. The Hall–Kier alpha value is -4.22. The Kier molecular flexibility index (Phi) is 5.11. The zero-order valence-electron chi connectivity index (χ0n) is 15.0. The molecule has 10 nitrogen and oxygen atoms in total. The van der Waals surface area contributed by atoms with Gasteiger partial charge in [-0.15, -0.1) is 20.4 Å². The standard InChI is InChI=1S/C18H12F2N6O4/c19-14(20)17-26-25-15(30-17)10-3-1-9(2-4-10)7-13-23-24-16(28-13)11-5-6-12(22-8-11)29-18(21)27/h1-6,8,14H,7H2,(H2,21,27). The molecule has 12 heteroatoms. The largest absolute Gasteiger partial charge is 0.420 e. The van der Waals surface area contributed by atoms with Crippen LogP contribution in [-0.4, -0.2) is 31.5 Å². The molecule has 1 amide bonds. The highest BCUT2D eigenvalue weighted by molar-refractivity contribution is 5.67. The summed E-state index contributed by atoms with van der Waals surface area (Å²) in [5, 5.41) is 14.9. The Balaban J connectivity index is 1.43. The molecular weight excluding hydrogens is 402 g/mol. The third-order valence-corrected chi connectivity index (χ3v) is 3.84. The fourth-order valence-corrected chi connectivity index (χ4v) is 2.49. The minimum absolute atomic E-state index is 0.00758. The van der Waals surface area contributed by atoms with Gasteiger partial charge in [0.05, 0.1) is 12.0 Å². The molecule has 0 bridgehead atoms. The maximum atomic E-state index is 12.5. The second-order valence-corrected chi connectivity index (χ2v) is 5.93. The first-order valence-corrected chi connectivity index (χ1v) is 8.45. The van der Waals surface area contributed by atoms with Gasteiger partial charge in [-0.25, -0.2) is 9.78 Å². The van der Waals surface area contributed by atoms with Crippen molar-refractivity contribution in [1.29, 1.82) is 0 Å². The van der Waals surface area contributed by atoms with Crippen molar-refractivity contribution in [3.63, 3.8) is 0 Å². The van der Waals surface area contributed by atoms with Gasteiger partial charge in [0.1, 0.15) is 0 Å². The number of hydrogen-bond acceptors (Lipinski definition) is 9. The minimum atomic E-state index is -2.82. The number of primary amides is 1. The van der Waals surface area contributed by atoms with Gasteiger partial charge in [0.15, 0.2) is 0 Å². The summed E-state index contributed by atoms with van der Waals surface area (Å²) in [6, 6.07) is 9.87. The second kappa shape index (κ2) is 8.03. The average molecular weight is 414 g/mol. The first kappa shape index (κ1) is 19.1. The first-order valence-electron chi connectivity index (χ1n) is 8.45. The van der Waals surface area contributed by atoms with Gasteiger partial charge in [-0.1, -0.05) is 12.1 Å². The molecule has 2 N–H and O–H groups in total.